The molecule has 1 unspecified atom stereocenters. The van der Waals surface area contributed by atoms with E-state index in [-0.39, 0.29) is 24.0 Å². The van der Waals surface area contributed by atoms with Crippen molar-refractivity contribution in [3.63, 3.8) is 0 Å². The molecule has 0 aromatic carbocycles. The number of nitrogens with one attached hydrogen (secondary N) is 2. The van der Waals surface area contributed by atoms with E-state index in [2.05, 4.69) is 15.6 Å². The minimum atomic E-state index is -0.0947. The minimum absolute atomic E-state index is 0.0947. The molecule has 0 aromatic heterocycles. The van der Waals surface area contributed by atoms with Crippen LogP contribution in [0.4, 0.5) is 0 Å². The van der Waals surface area contributed by atoms with Gasteiger partial charge in [0.2, 0.25) is 5.91 Å². The van der Waals surface area contributed by atoms with E-state index >= 15 is 0 Å². The van der Waals surface area contributed by atoms with Crippen molar-refractivity contribution >= 4 is 17.8 Å². The number of guanidine groups is 1. The first kappa shape index (κ1) is 22.9. The molecule has 1 amide bonds. The fourth-order valence-electron chi connectivity index (χ4n) is 4.86. The van der Waals surface area contributed by atoms with E-state index in [9.17, 15) is 9.59 Å². The Morgan fingerprint density at radius 2 is 1.77 bits per heavy atom. The molecule has 3 aliphatic rings. The predicted octanol–water partition coefficient (Wildman–Crippen LogP) is 2.99. The normalized spacial score (nSPS) is 23.6. The van der Waals surface area contributed by atoms with Gasteiger partial charge in [-0.05, 0) is 58.3 Å². The summed E-state index contributed by atoms with van der Waals surface area (Å²) in [5, 5.41) is 6.76. The quantitative estimate of drug-likeness (QED) is 0.273. The van der Waals surface area contributed by atoms with Crippen LogP contribution >= 0.6 is 0 Å². The van der Waals surface area contributed by atoms with Gasteiger partial charge in [0.15, 0.2) is 5.96 Å². The highest BCUT2D eigenvalue weighted by Crippen LogP contribution is 2.26. The summed E-state index contributed by atoms with van der Waals surface area (Å²) in [4.78, 5) is 31.4. The Morgan fingerprint density at radius 3 is 2.50 bits per heavy atom. The molecule has 0 aromatic rings. The molecule has 2 N–H and O–H groups in total. The summed E-state index contributed by atoms with van der Waals surface area (Å²) >= 11 is 0. The molecule has 1 heterocycles. The van der Waals surface area contributed by atoms with Crippen molar-refractivity contribution in [2.75, 3.05) is 26.2 Å². The van der Waals surface area contributed by atoms with Crippen LogP contribution in [-0.2, 0) is 14.3 Å². The summed E-state index contributed by atoms with van der Waals surface area (Å²) in [5.74, 6) is 1.27. The molecule has 1 atom stereocenters. The average Bonchev–Trinajstić information content (AvgIpc) is 3.43. The third-order valence-corrected chi connectivity index (χ3v) is 6.55. The maximum absolute atomic E-state index is 12.8. The summed E-state index contributed by atoms with van der Waals surface area (Å²) in [6, 6.07) is 0.239. The number of hydrogen-bond donors (Lipinski definition) is 2. The predicted molar refractivity (Wildman–Crippen MR) is 118 cm³/mol. The highest BCUT2D eigenvalue weighted by atomic mass is 16.5. The first-order valence-electron chi connectivity index (χ1n) is 12.2. The Bertz CT molecular complexity index is 583. The van der Waals surface area contributed by atoms with Crippen molar-refractivity contribution in [2.24, 2.45) is 10.9 Å². The van der Waals surface area contributed by atoms with E-state index in [1.54, 1.807) is 0 Å². The van der Waals surface area contributed by atoms with E-state index in [4.69, 9.17) is 4.74 Å². The lowest BCUT2D eigenvalue weighted by molar-refractivity contribution is -0.148. The van der Waals surface area contributed by atoms with Gasteiger partial charge in [-0.3, -0.25) is 14.6 Å². The number of likely N-dealkylation sites (tertiary alicyclic amines) is 1. The highest BCUT2D eigenvalue weighted by Gasteiger charge is 2.31. The van der Waals surface area contributed by atoms with Crippen LogP contribution in [0.1, 0.15) is 84.0 Å². The van der Waals surface area contributed by atoms with Gasteiger partial charge in [-0.2, -0.15) is 0 Å². The molecule has 0 radical (unpaired) electrons. The Hall–Kier alpha value is -1.79. The van der Waals surface area contributed by atoms with Crippen molar-refractivity contribution in [1.29, 1.82) is 0 Å². The Balaban J connectivity index is 1.37. The molecule has 1 aliphatic heterocycles. The summed E-state index contributed by atoms with van der Waals surface area (Å²) in [7, 11) is 0. The van der Waals surface area contributed by atoms with Crippen molar-refractivity contribution in [2.45, 2.75) is 96.1 Å². The van der Waals surface area contributed by atoms with Crippen molar-refractivity contribution < 1.29 is 14.3 Å². The summed E-state index contributed by atoms with van der Waals surface area (Å²) in [6.07, 6.45) is 12.4. The summed E-state index contributed by atoms with van der Waals surface area (Å²) in [5.41, 5.74) is 0. The standard InChI is InChI=1S/C23H40N4O3/c1-2-24-23(25-15-8-13-21(28)30-20-11-6-7-12-20)26-19-14-16-27(17-19)22(29)18-9-4-3-5-10-18/h18-20H,2-17H2,1H3,(H2,24,25,26). The van der Waals surface area contributed by atoms with Crippen LogP contribution in [0, 0.1) is 5.92 Å². The van der Waals surface area contributed by atoms with Crippen LogP contribution in [0.5, 0.6) is 0 Å². The summed E-state index contributed by atoms with van der Waals surface area (Å²) in [6.45, 7) is 5.01. The van der Waals surface area contributed by atoms with Crippen LogP contribution in [0.15, 0.2) is 4.99 Å². The van der Waals surface area contributed by atoms with Crippen molar-refractivity contribution in [3.8, 4) is 0 Å². The van der Waals surface area contributed by atoms with Gasteiger partial charge in [0, 0.05) is 44.6 Å². The van der Waals surface area contributed by atoms with Gasteiger partial charge in [0.05, 0.1) is 0 Å². The van der Waals surface area contributed by atoms with Gasteiger partial charge >= 0.3 is 5.97 Å². The van der Waals surface area contributed by atoms with Gasteiger partial charge in [-0.15, -0.1) is 0 Å². The maximum atomic E-state index is 12.8. The number of carbonyl (C=O) groups excluding carboxylic acids is 2. The number of amides is 1. The first-order valence-corrected chi connectivity index (χ1v) is 12.2. The fourth-order valence-corrected chi connectivity index (χ4v) is 4.86. The number of aliphatic imine (C=N–C) groups is 1. The number of nitrogens with zero attached hydrogens (tertiary/aromatic N) is 2. The lowest BCUT2D eigenvalue weighted by atomic mass is 9.88. The van der Waals surface area contributed by atoms with Gasteiger partial charge in [0.1, 0.15) is 6.10 Å². The Morgan fingerprint density at radius 1 is 1.03 bits per heavy atom. The van der Waals surface area contributed by atoms with Crippen LogP contribution in [0.3, 0.4) is 0 Å². The molecule has 7 nitrogen and oxygen atoms in total. The monoisotopic (exact) mass is 420 g/mol. The molecule has 3 fully saturated rings. The first-order chi connectivity index (χ1) is 14.7. The van der Waals surface area contributed by atoms with Gasteiger partial charge in [-0.1, -0.05) is 19.3 Å². The number of rotatable bonds is 8. The Kier molecular flexibility index (Phi) is 9.27. The van der Waals surface area contributed by atoms with Gasteiger partial charge in [0.25, 0.3) is 0 Å². The van der Waals surface area contributed by atoms with Crippen LogP contribution in [-0.4, -0.2) is 61.1 Å². The molecule has 3 rings (SSSR count). The average molecular weight is 421 g/mol. The second kappa shape index (κ2) is 12.2. The fraction of sp³-hybridized carbons (Fsp3) is 0.870. The molecule has 30 heavy (non-hydrogen) atoms. The second-order valence-corrected chi connectivity index (χ2v) is 9.01. The van der Waals surface area contributed by atoms with E-state index in [1.807, 2.05) is 11.8 Å². The number of esters is 1. The van der Waals surface area contributed by atoms with Crippen molar-refractivity contribution in [3.05, 3.63) is 0 Å². The minimum Gasteiger partial charge on any atom is -0.462 e. The third kappa shape index (κ3) is 7.17. The molecule has 7 heteroatoms. The second-order valence-electron chi connectivity index (χ2n) is 9.01. The van der Waals surface area contributed by atoms with Crippen LogP contribution < -0.4 is 10.6 Å². The largest absolute Gasteiger partial charge is 0.462 e. The van der Waals surface area contributed by atoms with Gasteiger partial charge in [-0.25, -0.2) is 0 Å². The lowest BCUT2D eigenvalue weighted by Gasteiger charge is -2.26. The van der Waals surface area contributed by atoms with E-state index in [0.717, 1.165) is 57.7 Å². The topological polar surface area (TPSA) is 83.0 Å². The number of carbonyl (C=O) groups is 2. The van der Waals surface area contributed by atoms with E-state index < -0.39 is 0 Å². The van der Waals surface area contributed by atoms with Crippen molar-refractivity contribution in [1.82, 2.24) is 15.5 Å². The Labute approximate surface area is 181 Å². The molecule has 2 aliphatic carbocycles. The summed E-state index contributed by atoms with van der Waals surface area (Å²) < 4.78 is 5.50. The molecule has 0 spiro atoms. The van der Waals surface area contributed by atoms with E-state index in [1.165, 1.54) is 32.1 Å². The third-order valence-electron chi connectivity index (χ3n) is 6.55. The molecular formula is C23H40N4O3. The van der Waals surface area contributed by atoms with Gasteiger partial charge < -0.3 is 20.3 Å². The van der Waals surface area contributed by atoms with Crippen LogP contribution in [0.25, 0.3) is 0 Å². The zero-order chi connectivity index (χ0) is 21.2. The zero-order valence-electron chi connectivity index (χ0n) is 18.7. The van der Waals surface area contributed by atoms with Crippen LogP contribution in [0.2, 0.25) is 0 Å². The molecule has 0 bridgehead atoms. The number of ether oxygens (including phenoxy) is 1. The lowest BCUT2D eigenvalue weighted by Crippen LogP contribution is -2.45. The zero-order valence-corrected chi connectivity index (χ0v) is 18.7. The molecule has 170 valence electrons. The van der Waals surface area contributed by atoms with E-state index in [0.29, 0.717) is 25.3 Å². The number of hydrogen-bond acceptors (Lipinski definition) is 4. The maximum Gasteiger partial charge on any atom is 0.306 e. The smallest absolute Gasteiger partial charge is 0.306 e. The SMILES string of the molecule is CCNC(=NCCCC(=O)OC1CCCC1)NC1CCN(C(=O)C2CCCCC2)C1. The molecular weight excluding hydrogens is 380 g/mol. The molecule has 1 saturated heterocycles. The highest BCUT2D eigenvalue weighted by molar-refractivity contribution is 5.81. The molecule has 2 saturated carbocycles.